The summed E-state index contributed by atoms with van der Waals surface area (Å²) >= 11 is 0. The van der Waals surface area contributed by atoms with Crippen molar-refractivity contribution in [2.75, 3.05) is 0 Å². The normalized spacial score (nSPS) is 12.7. The molecule has 1 aliphatic carbocycles. The maximum Gasteiger partial charge on any atom is 0.276 e. The topological polar surface area (TPSA) is 67.6 Å². The van der Waals surface area contributed by atoms with E-state index in [9.17, 15) is 0 Å². The van der Waals surface area contributed by atoms with Crippen molar-refractivity contribution in [1.82, 2.24) is 20.3 Å². The zero-order chi connectivity index (χ0) is 16.8. The summed E-state index contributed by atoms with van der Waals surface area (Å²) in [6.07, 6.45) is 1.91. The van der Waals surface area contributed by atoms with E-state index in [1.54, 1.807) is 0 Å². The smallest absolute Gasteiger partial charge is 0.276 e. The lowest BCUT2D eigenvalue weighted by Crippen LogP contribution is -2.03. The van der Waals surface area contributed by atoms with E-state index in [1.807, 2.05) is 30.3 Å². The van der Waals surface area contributed by atoms with Gasteiger partial charge >= 0.3 is 0 Å². The molecule has 1 N–H and O–H groups in total. The van der Waals surface area contributed by atoms with Crippen molar-refractivity contribution in [3.05, 3.63) is 65.2 Å². The Bertz CT molecular complexity index is 1060. The molecule has 2 heterocycles. The number of benzene rings is 2. The Kier molecular flexibility index (Phi) is 3.06. The molecular weight excluding hydrogens is 312 g/mol. The van der Waals surface area contributed by atoms with Crippen LogP contribution in [0, 0.1) is 6.92 Å². The van der Waals surface area contributed by atoms with E-state index < -0.39 is 0 Å². The van der Waals surface area contributed by atoms with Gasteiger partial charge in [-0.05, 0) is 25.3 Å². The van der Waals surface area contributed by atoms with Crippen LogP contribution in [0.2, 0.25) is 0 Å². The summed E-state index contributed by atoms with van der Waals surface area (Å²) < 4.78 is 5.52. The summed E-state index contributed by atoms with van der Waals surface area (Å²) in [5.74, 6) is 1.08. The van der Waals surface area contributed by atoms with Crippen molar-refractivity contribution in [2.45, 2.75) is 19.8 Å². The van der Waals surface area contributed by atoms with Crippen molar-refractivity contribution >= 4 is 0 Å². The monoisotopic (exact) mass is 328 g/mol. The third kappa shape index (κ3) is 2.28. The first-order valence-electron chi connectivity index (χ1n) is 8.36. The van der Waals surface area contributed by atoms with Gasteiger partial charge in [0, 0.05) is 16.7 Å². The lowest BCUT2D eigenvalue weighted by Gasteiger charge is -2.14. The largest absolute Gasteiger partial charge is 0.332 e. The van der Waals surface area contributed by atoms with Gasteiger partial charge in [0.1, 0.15) is 5.69 Å². The molecule has 5 rings (SSSR count). The fraction of sp³-hybridized carbons (Fsp3) is 0.150. The van der Waals surface area contributed by atoms with Gasteiger partial charge in [-0.3, -0.25) is 5.10 Å². The minimum absolute atomic E-state index is 0.490. The Morgan fingerprint density at radius 2 is 1.84 bits per heavy atom. The number of hydrogen-bond donors (Lipinski definition) is 1. The molecule has 4 aromatic rings. The summed E-state index contributed by atoms with van der Waals surface area (Å²) in [5, 5.41) is 11.7. The second-order valence-electron chi connectivity index (χ2n) is 6.37. The van der Waals surface area contributed by atoms with Crippen LogP contribution in [0.15, 0.2) is 53.1 Å². The van der Waals surface area contributed by atoms with Crippen molar-refractivity contribution in [2.24, 2.45) is 0 Å². The van der Waals surface area contributed by atoms with Gasteiger partial charge in [0.25, 0.3) is 5.89 Å². The summed E-state index contributed by atoms with van der Waals surface area (Å²) in [4.78, 5) is 4.57. The first kappa shape index (κ1) is 14.2. The molecular formula is C20H16N4O. The third-order valence-corrected chi connectivity index (χ3v) is 4.73. The zero-order valence-electron chi connectivity index (χ0n) is 13.8. The summed E-state index contributed by atoms with van der Waals surface area (Å²) in [5.41, 5.74) is 7.64. The SMILES string of the molecule is Cc1ccc(-c2noc(-c3[nH]nc4c3CCc3ccccc3-4)n2)cc1. The Labute approximate surface area is 144 Å². The van der Waals surface area contributed by atoms with Crippen molar-refractivity contribution < 1.29 is 4.52 Å². The molecule has 0 unspecified atom stereocenters. The van der Waals surface area contributed by atoms with E-state index in [-0.39, 0.29) is 0 Å². The van der Waals surface area contributed by atoms with E-state index in [1.165, 1.54) is 16.7 Å². The molecule has 0 saturated heterocycles. The molecule has 0 spiro atoms. The Balaban J connectivity index is 1.56. The number of rotatable bonds is 2. The predicted octanol–water partition coefficient (Wildman–Crippen LogP) is 4.20. The molecule has 0 saturated carbocycles. The van der Waals surface area contributed by atoms with Crippen molar-refractivity contribution in [3.8, 4) is 34.2 Å². The van der Waals surface area contributed by atoms with Crippen LogP contribution >= 0.6 is 0 Å². The fourth-order valence-electron chi connectivity index (χ4n) is 3.38. The highest BCUT2D eigenvalue weighted by Crippen LogP contribution is 2.36. The average Bonchev–Trinajstić information content (AvgIpc) is 3.29. The molecule has 0 aliphatic heterocycles. The van der Waals surface area contributed by atoms with Crippen LogP contribution in [0.5, 0.6) is 0 Å². The fourth-order valence-corrected chi connectivity index (χ4v) is 3.38. The number of hydrogen-bond acceptors (Lipinski definition) is 4. The lowest BCUT2D eigenvalue weighted by molar-refractivity contribution is 0.430. The van der Waals surface area contributed by atoms with Crippen molar-refractivity contribution in [1.29, 1.82) is 0 Å². The number of H-pyrrole nitrogens is 1. The number of aromatic amines is 1. The Morgan fingerprint density at radius 3 is 2.72 bits per heavy atom. The third-order valence-electron chi connectivity index (χ3n) is 4.73. The number of aryl methyl sites for hydroxylation is 2. The number of nitrogens with one attached hydrogen (secondary N) is 1. The molecule has 5 nitrogen and oxygen atoms in total. The molecule has 1 aliphatic rings. The lowest BCUT2D eigenvalue weighted by atomic mass is 9.89. The second kappa shape index (κ2) is 5.41. The molecule has 0 amide bonds. The van der Waals surface area contributed by atoms with Gasteiger partial charge < -0.3 is 4.52 Å². The summed E-state index contributed by atoms with van der Waals surface area (Å²) in [6.45, 7) is 2.06. The van der Waals surface area contributed by atoms with Gasteiger partial charge in [0.2, 0.25) is 5.82 Å². The molecule has 5 heteroatoms. The van der Waals surface area contributed by atoms with Crippen molar-refractivity contribution in [3.63, 3.8) is 0 Å². The molecule has 25 heavy (non-hydrogen) atoms. The highest BCUT2D eigenvalue weighted by atomic mass is 16.5. The van der Waals surface area contributed by atoms with E-state index in [0.29, 0.717) is 11.7 Å². The number of nitrogens with zero attached hydrogens (tertiary/aromatic N) is 3. The highest BCUT2D eigenvalue weighted by Gasteiger charge is 2.25. The van der Waals surface area contributed by atoms with Crippen LogP contribution in [0.4, 0.5) is 0 Å². The van der Waals surface area contributed by atoms with Crippen LogP contribution in [0.1, 0.15) is 16.7 Å². The minimum atomic E-state index is 0.490. The first-order valence-corrected chi connectivity index (χ1v) is 8.36. The standard InChI is InChI=1S/C20H16N4O/c1-12-6-8-14(9-7-12)19-21-20(25-24-19)18-16-11-10-13-4-2-3-5-15(13)17(16)22-23-18/h2-9H,10-11H2,1H3,(H,22,23). The van der Waals surface area contributed by atoms with Crippen LogP contribution in [-0.2, 0) is 12.8 Å². The van der Waals surface area contributed by atoms with Gasteiger partial charge in [-0.1, -0.05) is 59.3 Å². The van der Waals surface area contributed by atoms with E-state index in [0.717, 1.165) is 35.4 Å². The van der Waals surface area contributed by atoms with E-state index >= 15 is 0 Å². The molecule has 0 atom stereocenters. The van der Waals surface area contributed by atoms with Gasteiger partial charge in [0.05, 0.1) is 5.69 Å². The number of fused-ring (bicyclic) bond motifs is 3. The van der Waals surface area contributed by atoms with Crippen LogP contribution < -0.4 is 0 Å². The number of aromatic nitrogens is 4. The van der Waals surface area contributed by atoms with Gasteiger partial charge in [-0.2, -0.15) is 10.1 Å². The van der Waals surface area contributed by atoms with Crippen LogP contribution in [0.3, 0.4) is 0 Å². The molecule has 122 valence electrons. The molecule has 2 aromatic heterocycles. The van der Waals surface area contributed by atoms with Gasteiger partial charge in [0.15, 0.2) is 0 Å². The molecule has 2 aromatic carbocycles. The zero-order valence-corrected chi connectivity index (χ0v) is 13.8. The second-order valence-corrected chi connectivity index (χ2v) is 6.37. The quantitative estimate of drug-likeness (QED) is 0.599. The van der Waals surface area contributed by atoms with E-state index in [2.05, 4.69) is 45.5 Å². The Hall–Kier alpha value is -3.21. The first-order chi connectivity index (χ1) is 12.3. The predicted molar refractivity (Wildman–Crippen MR) is 94.9 cm³/mol. The molecule has 0 bridgehead atoms. The van der Waals surface area contributed by atoms with Gasteiger partial charge in [-0.15, -0.1) is 0 Å². The highest BCUT2D eigenvalue weighted by molar-refractivity contribution is 5.75. The maximum absolute atomic E-state index is 5.52. The maximum atomic E-state index is 5.52. The van der Waals surface area contributed by atoms with Crippen LogP contribution in [-0.4, -0.2) is 20.3 Å². The van der Waals surface area contributed by atoms with Gasteiger partial charge in [-0.25, -0.2) is 0 Å². The molecule has 0 radical (unpaired) electrons. The Morgan fingerprint density at radius 1 is 1.00 bits per heavy atom. The van der Waals surface area contributed by atoms with Crippen LogP contribution in [0.25, 0.3) is 34.2 Å². The minimum Gasteiger partial charge on any atom is -0.332 e. The summed E-state index contributed by atoms with van der Waals surface area (Å²) in [7, 11) is 0. The van der Waals surface area contributed by atoms with E-state index in [4.69, 9.17) is 4.52 Å². The summed E-state index contributed by atoms with van der Waals surface area (Å²) in [6, 6.07) is 16.5. The molecule has 0 fully saturated rings. The average molecular weight is 328 g/mol.